The molecule has 1 aliphatic heterocycles. The fourth-order valence-electron chi connectivity index (χ4n) is 3.23. The van der Waals surface area contributed by atoms with Gasteiger partial charge >= 0.3 is 0 Å². The molecule has 2 aromatic carbocycles. The summed E-state index contributed by atoms with van der Waals surface area (Å²) in [6.45, 7) is 1.95. The molecule has 28 heavy (non-hydrogen) atoms. The molecule has 0 unspecified atom stereocenters. The Balaban J connectivity index is 1.97. The number of hydrogen-bond acceptors (Lipinski definition) is 5. The maximum Gasteiger partial charge on any atom is 0.248 e. The van der Waals surface area contributed by atoms with Crippen LogP contribution >= 0.6 is 0 Å². The van der Waals surface area contributed by atoms with Crippen molar-refractivity contribution >= 4 is 23.2 Å². The number of carbonyl (C=O) groups is 2. The van der Waals surface area contributed by atoms with E-state index in [0.717, 1.165) is 11.3 Å². The molecule has 7 nitrogen and oxygen atoms in total. The fraction of sp³-hybridized carbons (Fsp3) is 0.286. The third-order valence-corrected chi connectivity index (χ3v) is 4.64. The number of fused-ring (bicyclic) bond motifs is 1. The monoisotopic (exact) mass is 381 g/mol. The largest absolute Gasteiger partial charge is 0.493 e. The molecular formula is C21H23N3O4. The Labute approximate surface area is 163 Å². The molecule has 0 saturated carbocycles. The SMILES string of the molecule is CCC1=NNC(=O)[C@H](CC(=O)Nc2ccccc2)c2cc(OC)c(OC)cc21. The molecule has 2 aromatic rings. The first-order valence-electron chi connectivity index (χ1n) is 9.05. The topological polar surface area (TPSA) is 89.0 Å². The van der Waals surface area contributed by atoms with Gasteiger partial charge in [0.2, 0.25) is 11.8 Å². The zero-order valence-corrected chi connectivity index (χ0v) is 16.1. The van der Waals surface area contributed by atoms with Crippen LogP contribution < -0.4 is 20.2 Å². The smallest absolute Gasteiger partial charge is 0.248 e. The van der Waals surface area contributed by atoms with Crippen molar-refractivity contribution in [1.82, 2.24) is 5.43 Å². The Bertz CT molecular complexity index is 909. The minimum atomic E-state index is -0.702. The summed E-state index contributed by atoms with van der Waals surface area (Å²) in [6, 6.07) is 12.7. The third-order valence-electron chi connectivity index (χ3n) is 4.64. The van der Waals surface area contributed by atoms with Crippen molar-refractivity contribution in [1.29, 1.82) is 0 Å². The summed E-state index contributed by atoms with van der Waals surface area (Å²) in [4.78, 5) is 25.3. The zero-order valence-electron chi connectivity index (χ0n) is 16.1. The minimum Gasteiger partial charge on any atom is -0.493 e. The molecule has 1 atom stereocenters. The predicted molar refractivity (Wildman–Crippen MR) is 107 cm³/mol. The molecule has 7 heteroatoms. The Morgan fingerprint density at radius 3 is 2.46 bits per heavy atom. The lowest BCUT2D eigenvalue weighted by Gasteiger charge is -2.19. The number of benzene rings is 2. The predicted octanol–water partition coefficient (Wildman–Crippen LogP) is 3.06. The molecule has 3 rings (SSSR count). The second-order valence-corrected chi connectivity index (χ2v) is 6.35. The minimum absolute atomic E-state index is 0.0181. The molecule has 146 valence electrons. The van der Waals surface area contributed by atoms with Crippen molar-refractivity contribution in [3.8, 4) is 11.5 Å². The lowest BCUT2D eigenvalue weighted by Crippen LogP contribution is -2.28. The van der Waals surface area contributed by atoms with Crippen LogP contribution in [0.25, 0.3) is 0 Å². The first-order valence-corrected chi connectivity index (χ1v) is 9.05. The highest BCUT2D eigenvalue weighted by Gasteiger charge is 2.31. The summed E-state index contributed by atoms with van der Waals surface area (Å²) in [5, 5.41) is 7.05. The first-order chi connectivity index (χ1) is 13.6. The van der Waals surface area contributed by atoms with Crippen LogP contribution in [0.15, 0.2) is 47.6 Å². The van der Waals surface area contributed by atoms with Gasteiger partial charge in [-0.15, -0.1) is 0 Å². The van der Waals surface area contributed by atoms with Crippen LogP contribution in [0.5, 0.6) is 11.5 Å². The van der Waals surface area contributed by atoms with Crippen molar-refractivity contribution in [3.05, 3.63) is 53.6 Å². The van der Waals surface area contributed by atoms with Gasteiger partial charge in [0, 0.05) is 17.7 Å². The highest BCUT2D eigenvalue weighted by molar-refractivity contribution is 6.07. The van der Waals surface area contributed by atoms with Gasteiger partial charge in [-0.3, -0.25) is 9.59 Å². The number of amides is 2. The molecule has 2 N–H and O–H groups in total. The van der Waals surface area contributed by atoms with E-state index in [-0.39, 0.29) is 18.2 Å². The first kappa shape index (κ1) is 19.4. The highest BCUT2D eigenvalue weighted by atomic mass is 16.5. The summed E-state index contributed by atoms with van der Waals surface area (Å²) in [7, 11) is 3.09. The molecule has 0 saturated heterocycles. The van der Waals surface area contributed by atoms with E-state index in [1.54, 1.807) is 31.4 Å². The average molecular weight is 381 g/mol. The average Bonchev–Trinajstić information content (AvgIpc) is 2.84. The summed E-state index contributed by atoms with van der Waals surface area (Å²) in [5.74, 6) is -0.248. The molecule has 0 aromatic heterocycles. The van der Waals surface area contributed by atoms with Gasteiger partial charge in [-0.2, -0.15) is 5.10 Å². The maximum absolute atomic E-state index is 12.7. The van der Waals surface area contributed by atoms with Crippen LogP contribution in [0.4, 0.5) is 5.69 Å². The number of para-hydroxylation sites is 1. The lowest BCUT2D eigenvalue weighted by molar-refractivity contribution is -0.125. The van der Waals surface area contributed by atoms with Gasteiger partial charge in [0.25, 0.3) is 0 Å². The number of nitrogens with one attached hydrogen (secondary N) is 2. The van der Waals surface area contributed by atoms with E-state index in [9.17, 15) is 9.59 Å². The van der Waals surface area contributed by atoms with Gasteiger partial charge < -0.3 is 14.8 Å². The van der Waals surface area contributed by atoms with Crippen LogP contribution in [-0.4, -0.2) is 31.7 Å². The zero-order chi connectivity index (χ0) is 20.1. The highest BCUT2D eigenvalue weighted by Crippen LogP contribution is 2.37. The van der Waals surface area contributed by atoms with E-state index in [0.29, 0.717) is 29.2 Å². The van der Waals surface area contributed by atoms with E-state index in [4.69, 9.17) is 9.47 Å². The Morgan fingerprint density at radius 2 is 1.82 bits per heavy atom. The van der Waals surface area contributed by atoms with Crippen molar-refractivity contribution in [2.24, 2.45) is 5.10 Å². The Hall–Kier alpha value is -3.35. The van der Waals surface area contributed by atoms with Crippen molar-refractivity contribution < 1.29 is 19.1 Å². The van der Waals surface area contributed by atoms with Crippen molar-refractivity contribution in [3.63, 3.8) is 0 Å². The second-order valence-electron chi connectivity index (χ2n) is 6.35. The van der Waals surface area contributed by atoms with Crippen LogP contribution in [0.3, 0.4) is 0 Å². The fourth-order valence-corrected chi connectivity index (χ4v) is 3.23. The summed E-state index contributed by atoms with van der Waals surface area (Å²) in [6.07, 6.45) is 0.599. The van der Waals surface area contributed by atoms with Crippen molar-refractivity contribution in [2.75, 3.05) is 19.5 Å². The quantitative estimate of drug-likeness (QED) is 0.805. The van der Waals surface area contributed by atoms with Crippen LogP contribution in [-0.2, 0) is 9.59 Å². The van der Waals surface area contributed by atoms with E-state index < -0.39 is 5.92 Å². The van der Waals surface area contributed by atoms with Gasteiger partial charge in [0.05, 0.1) is 25.8 Å². The molecule has 0 radical (unpaired) electrons. The molecular weight excluding hydrogens is 358 g/mol. The van der Waals surface area contributed by atoms with Gasteiger partial charge in [0.1, 0.15) is 0 Å². The summed E-state index contributed by atoms with van der Waals surface area (Å²) < 4.78 is 10.8. The number of ether oxygens (including phenoxy) is 2. The molecule has 2 amide bonds. The standard InChI is InChI=1S/C21H23N3O4/c1-4-17-15-11-19(28-3)18(27-2)10-14(15)16(21(26)24-23-17)12-20(25)22-13-8-6-5-7-9-13/h5-11,16H,4,12H2,1-3H3,(H,22,25)(H,24,26)/t16-/m1/s1. The van der Waals surface area contributed by atoms with E-state index in [1.807, 2.05) is 25.1 Å². The molecule has 0 bridgehead atoms. The van der Waals surface area contributed by atoms with Crippen LogP contribution in [0.2, 0.25) is 0 Å². The number of carbonyl (C=O) groups excluding carboxylic acids is 2. The lowest BCUT2D eigenvalue weighted by atomic mass is 9.88. The number of hydrogen-bond donors (Lipinski definition) is 2. The van der Waals surface area contributed by atoms with Crippen LogP contribution in [0.1, 0.15) is 36.8 Å². The molecule has 1 heterocycles. The van der Waals surface area contributed by atoms with Gasteiger partial charge in [0.15, 0.2) is 11.5 Å². The Morgan fingerprint density at radius 1 is 1.14 bits per heavy atom. The maximum atomic E-state index is 12.7. The molecule has 0 fully saturated rings. The van der Waals surface area contributed by atoms with E-state index in [2.05, 4.69) is 15.8 Å². The van der Waals surface area contributed by atoms with Gasteiger partial charge in [-0.25, -0.2) is 5.43 Å². The normalized spacial score (nSPS) is 15.6. The number of rotatable bonds is 6. The molecule has 0 aliphatic carbocycles. The van der Waals surface area contributed by atoms with Gasteiger partial charge in [-0.1, -0.05) is 25.1 Å². The Kier molecular flexibility index (Phi) is 5.93. The number of methoxy groups -OCH3 is 2. The van der Waals surface area contributed by atoms with Crippen LogP contribution in [0, 0.1) is 0 Å². The van der Waals surface area contributed by atoms with E-state index >= 15 is 0 Å². The summed E-state index contributed by atoms with van der Waals surface area (Å²) in [5.41, 5.74) is 5.44. The molecule has 0 spiro atoms. The summed E-state index contributed by atoms with van der Waals surface area (Å²) >= 11 is 0. The third kappa shape index (κ3) is 3.98. The van der Waals surface area contributed by atoms with Gasteiger partial charge in [-0.05, 0) is 36.2 Å². The van der Waals surface area contributed by atoms with E-state index in [1.165, 1.54) is 7.11 Å². The second kappa shape index (κ2) is 8.56. The number of nitrogens with zero attached hydrogens (tertiary/aromatic N) is 1. The number of anilines is 1. The number of hydrazone groups is 1. The molecule has 1 aliphatic rings. The van der Waals surface area contributed by atoms with Crippen molar-refractivity contribution in [2.45, 2.75) is 25.7 Å².